The van der Waals surface area contributed by atoms with Gasteiger partial charge in [-0.15, -0.1) is 0 Å². The number of benzene rings is 2. The number of carboxylic acid groups (broad SMARTS) is 1. The summed E-state index contributed by atoms with van der Waals surface area (Å²) < 4.78 is 19.3. The van der Waals surface area contributed by atoms with Crippen molar-refractivity contribution in [3.63, 3.8) is 0 Å². The molecule has 12 heteroatoms. The van der Waals surface area contributed by atoms with Crippen LogP contribution in [0.5, 0.6) is 5.75 Å². The summed E-state index contributed by atoms with van der Waals surface area (Å²) in [5, 5.41) is 19.5. The summed E-state index contributed by atoms with van der Waals surface area (Å²) in [6, 6.07) is 9.52. The number of carbonyl (C=O) groups excluding carboxylic acids is 2. The Balaban J connectivity index is 1.59. The predicted octanol–water partition coefficient (Wildman–Crippen LogP) is 3.34. The molecule has 182 valence electrons. The molecule has 0 aliphatic heterocycles. The number of carbonyl (C=O) groups is 3. The predicted molar refractivity (Wildman–Crippen MR) is 129 cm³/mol. The minimum absolute atomic E-state index is 0.0647. The number of esters is 1. The summed E-state index contributed by atoms with van der Waals surface area (Å²) in [4.78, 5) is 42.0. The van der Waals surface area contributed by atoms with Gasteiger partial charge in [-0.05, 0) is 43.3 Å². The number of aromatic nitrogens is 1. The minimum Gasteiger partial charge on any atom is -0.478 e. The highest BCUT2D eigenvalue weighted by atomic mass is 32.1. The standard InChI is InChI=1S/C23H22FN5O5S/c1-2-29(9-8-19(30)28-15-5-3-4-14(10-15)21(31)32)23-27-12-18(35-23)22(33)34-17-7-6-13(20(25)26)11-16(17)24/h3-7,10-12H,2,8-9H2,1H3,(H3,25,26)(H,28,30)(H,31,32). The molecule has 0 saturated carbocycles. The number of amides is 1. The third kappa shape index (κ3) is 6.60. The van der Waals surface area contributed by atoms with Gasteiger partial charge in [0.1, 0.15) is 10.7 Å². The molecule has 10 nitrogen and oxygen atoms in total. The Morgan fingerprint density at radius 2 is 2.00 bits per heavy atom. The fourth-order valence-electron chi connectivity index (χ4n) is 2.99. The molecule has 35 heavy (non-hydrogen) atoms. The van der Waals surface area contributed by atoms with E-state index in [0.29, 0.717) is 23.9 Å². The van der Waals surface area contributed by atoms with Crippen molar-refractivity contribution >= 4 is 45.8 Å². The van der Waals surface area contributed by atoms with Crippen molar-refractivity contribution in [1.29, 1.82) is 5.41 Å². The van der Waals surface area contributed by atoms with E-state index in [1.807, 2.05) is 6.92 Å². The smallest absolute Gasteiger partial charge is 0.355 e. The zero-order valence-corrected chi connectivity index (χ0v) is 19.4. The van der Waals surface area contributed by atoms with Gasteiger partial charge in [0.15, 0.2) is 16.7 Å². The largest absolute Gasteiger partial charge is 0.478 e. The molecular formula is C23H22FN5O5S. The first-order valence-electron chi connectivity index (χ1n) is 10.4. The van der Waals surface area contributed by atoms with Crippen molar-refractivity contribution in [2.75, 3.05) is 23.3 Å². The molecule has 0 unspecified atom stereocenters. The molecule has 0 aliphatic rings. The molecule has 0 fully saturated rings. The van der Waals surface area contributed by atoms with Crippen LogP contribution in [0.1, 0.15) is 38.9 Å². The molecule has 3 aromatic rings. The van der Waals surface area contributed by atoms with Crippen molar-refractivity contribution in [1.82, 2.24) is 4.98 Å². The van der Waals surface area contributed by atoms with Crippen molar-refractivity contribution in [2.45, 2.75) is 13.3 Å². The van der Waals surface area contributed by atoms with Gasteiger partial charge in [0.25, 0.3) is 0 Å². The highest BCUT2D eigenvalue weighted by molar-refractivity contribution is 7.17. The summed E-state index contributed by atoms with van der Waals surface area (Å²) in [5.74, 6) is -3.64. The summed E-state index contributed by atoms with van der Waals surface area (Å²) >= 11 is 1.03. The number of amidine groups is 1. The second kappa shape index (κ2) is 11.2. The first-order valence-corrected chi connectivity index (χ1v) is 11.2. The number of nitrogens with zero attached hydrogens (tertiary/aromatic N) is 2. The second-order valence-electron chi connectivity index (χ2n) is 7.22. The number of ether oxygens (including phenoxy) is 1. The molecule has 1 heterocycles. The third-order valence-electron chi connectivity index (χ3n) is 4.79. The van der Waals surface area contributed by atoms with Gasteiger partial charge in [-0.3, -0.25) is 10.2 Å². The van der Waals surface area contributed by atoms with Crippen LogP contribution in [0.2, 0.25) is 0 Å². The van der Waals surface area contributed by atoms with Gasteiger partial charge >= 0.3 is 11.9 Å². The molecule has 1 aromatic heterocycles. The normalized spacial score (nSPS) is 10.5. The fourth-order valence-corrected chi connectivity index (χ4v) is 3.87. The van der Waals surface area contributed by atoms with Crippen molar-refractivity contribution < 1.29 is 28.6 Å². The van der Waals surface area contributed by atoms with Crippen LogP contribution < -0.4 is 20.7 Å². The van der Waals surface area contributed by atoms with Crippen LogP contribution in [0, 0.1) is 11.2 Å². The lowest BCUT2D eigenvalue weighted by Crippen LogP contribution is -2.27. The fraction of sp³-hybridized carbons (Fsp3) is 0.174. The number of nitrogens with two attached hydrogens (primary N) is 1. The van der Waals surface area contributed by atoms with Crippen molar-refractivity contribution in [2.24, 2.45) is 5.73 Å². The third-order valence-corrected chi connectivity index (χ3v) is 5.83. The summed E-state index contributed by atoms with van der Waals surface area (Å²) in [6.07, 6.45) is 1.41. The molecular weight excluding hydrogens is 477 g/mol. The van der Waals surface area contributed by atoms with Gasteiger partial charge in [-0.25, -0.2) is 19.0 Å². The number of hydrogen-bond acceptors (Lipinski definition) is 8. The monoisotopic (exact) mass is 499 g/mol. The number of hydrogen-bond donors (Lipinski definition) is 4. The van der Waals surface area contributed by atoms with E-state index in [1.165, 1.54) is 36.5 Å². The van der Waals surface area contributed by atoms with E-state index in [-0.39, 0.29) is 39.9 Å². The number of anilines is 2. The number of rotatable bonds is 10. The Morgan fingerprint density at radius 3 is 2.66 bits per heavy atom. The topological polar surface area (TPSA) is 159 Å². The lowest BCUT2D eigenvalue weighted by Gasteiger charge is -2.19. The first kappa shape index (κ1) is 25.3. The zero-order chi connectivity index (χ0) is 25.5. The molecule has 0 radical (unpaired) electrons. The quantitative estimate of drug-likeness (QED) is 0.143. The van der Waals surface area contributed by atoms with Gasteiger partial charge < -0.3 is 25.8 Å². The molecule has 0 saturated heterocycles. The Bertz CT molecular complexity index is 1280. The van der Waals surface area contributed by atoms with Crippen LogP contribution in [0.3, 0.4) is 0 Å². The molecule has 0 bridgehead atoms. The highest BCUT2D eigenvalue weighted by Gasteiger charge is 2.19. The van der Waals surface area contributed by atoms with Gasteiger partial charge in [-0.1, -0.05) is 17.4 Å². The van der Waals surface area contributed by atoms with Gasteiger partial charge in [0.05, 0.1) is 11.8 Å². The maximum atomic E-state index is 14.2. The number of carboxylic acids is 1. The molecule has 0 atom stereocenters. The van der Waals surface area contributed by atoms with Crippen molar-refractivity contribution in [3.8, 4) is 5.75 Å². The zero-order valence-electron chi connectivity index (χ0n) is 18.6. The van der Waals surface area contributed by atoms with Crippen LogP contribution in [0.15, 0.2) is 48.7 Å². The van der Waals surface area contributed by atoms with Crippen LogP contribution in [-0.4, -0.2) is 46.9 Å². The molecule has 1 amide bonds. The molecule has 5 N–H and O–H groups in total. The Labute approximate surface area is 203 Å². The summed E-state index contributed by atoms with van der Waals surface area (Å²) in [6.45, 7) is 2.66. The van der Waals surface area contributed by atoms with E-state index < -0.39 is 17.8 Å². The minimum atomic E-state index is -1.09. The molecule has 0 aliphatic carbocycles. The lowest BCUT2D eigenvalue weighted by molar-refractivity contribution is -0.116. The van der Waals surface area contributed by atoms with Crippen molar-refractivity contribution in [3.05, 3.63) is 70.5 Å². The second-order valence-corrected chi connectivity index (χ2v) is 8.23. The molecule has 2 aromatic carbocycles. The van der Waals surface area contributed by atoms with E-state index >= 15 is 0 Å². The summed E-state index contributed by atoms with van der Waals surface area (Å²) in [7, 11) is 0. The van der Waals surface area contributed by atoms with E-state index in [2.05, 4.69) is 10.3 Å². The van der Waals surface area contributed by atoms with Gasteiger partial charge in [-0.2, -0.15) is 0 Å². The maximum absolute atomic E-state index is 14.2. The number of halogens is 1. The number of aromatic carboxylic acids is 1. The Kier molecular flexibility index (Phi) is 8.10. The number of nitrogens with one attached hydrogen (secondary N) is 2. The maximum Gasteiger partial charge on any atom is 0.355 e. The molecule has 0 spiro atoms. The van der Waals surface area contributed by atoms with Crippen LogP contribution >= 0.6 is 11.3 Å². The van der Waals surface area contributed by atoms with E-state index in [9.17, 15) is 18.8 Å². The average molecular weight is 500 g/mol. The number of nitrogen functional groups attached to an aromatic ring is 1. The molecule has 3 rings (SSSR count). The lowest BCUT2D eigenvalue weighted by atomic mass is 10.2. The van der Waals surface area contributed by atoms with Crippen LogP contribution in [-0.2, 0) is 4.79 Å². The first-order chi connectivity index (χ1) is 16.7. The van der Waals surface area contributed by atoms with E-state index in [0.717, 1.165) is 17.4 Å². The Hall–Kier alpha value is -4.32. The Morgan fingerprint density at radius 1 is 1.23 bits per heavy atom. The highest BCUT2D eigenvalue weighted by Crippen LogP contribution is 2.25. The van der Waals surface area contributed by atoms with Gasteiger partial charge in [0.2, 0.25) is 5.91 Å². The SMILES string of the molecule is CCN(CCC(=O)Nc1cccc(C(=O)O)c1)c1ncc(C(=O)Oc2ccc(C(=N)N)cc2F)s1. The number of thiazole rings is 1. The van der Waals surface area contributed by atoms with Crippen LogP contribution in [0.25, 0.3) is 0 Å². The average Bonchev–Trinajstić information content (AvgIpc) is 3.31. The van der Waals surface area contributed by atoms with E-state index in [4.69, 9.17) is 21.0 Å². The summed E-state index contributed by atoms with van der Waals surface area (Å²) in [5.41, 5.74) is 5.93. The van der Waals surface area contributed by atoms with Crippen LogP contribution in [0.4, 0.5) is 15.2 Å². The van der Waals surface area contributed by atoms with E-state index in [1.54, 1.807) is 11.0 Å². The van der Waals surface area contributed by atoms with Gasteiger partial charge in [0, 0.05) is 30.8 Å².